The van der Waals surface area contributed by atoms with Crippen LogP contribution in [0.5, 0.6) is 0 Å². The molecular formula is C140H161N. The molecule has 14 aromatic rings. The summed E-state index contributed by atoms with van der Waals surface area (Å²) < 4.78 is 0. The molecule has 0 saturated heterocycles. The van der Waals surface area contributed by atoms with E-state index in [1.165, 1.54) is 426 Å². The molecule has 6 aliphatic rings. The molecule has 14 aromatic carbocycles. The lowest BCUT2D eigenvalue weighted by molar-refractivity contribution is 0.399. The third kappa shape index (κ3) is 17.3. The first-order chi connectivity index (χ1) is 68.6. The van der Waals surface area contributed by atoms with E-state index in [-0.39, 0.29) is 32.5 Å². The molecule has 1 nitrogen and oxygen atoms in total. The van der Waals surface area contributed by atoms with Crippen molar-refractivity contribution in [2.24, 2.45) is 0 Å². The fourth-order valence-electron chi connectivity index (χ4n) is 28.4. The fraction of sp³-hybridized carbons (Fsp3) is 0.414. The molecule has 0 atom stereocenters. The van der Waals surface area contributed by atoms with Gasteiger partial charge in [-0.25, -0.2) is 0 Å². The highest BCUT2D eigenvalue weighted by molar-refractivity contribution is 6.11. The molecule has 6 aliphatic carbocycles. The molecule has 0 amide bonds. The second-order valence-corrected chi connectivity index (χ2v) is 46.4. The molecule has 0 bridgehead atoms. The van der Waals surface area contributed by atoms with Crippen molar-refractivity contribution in [3.05, 3.63) is 338 Å². The number of hydrogen-bond donors (Lipinski definition) is 0. The van der Waals surface area contributed by atoms with Gasteiger partial charge < -0.3 is 4.90 Å². The van der Waals surface area contributed by atoms with Crippen molar-refractivity contribution in [1.29, 1.82) is 0 Å². The van der Waals surface area contributed by atoms with E-state index in [0.29, 0.717) is 0 Å². The second kappa shape index (κ2) is 40.7. The lowest BCUT2D eigenvalue weighted by Crippen LogP contribution is -2.26. The molecule has 0 unspecified atom stereocenters. The number of nitrogens with zero attached hydrogens (tertiary/aromatic N) is 1. The van der Waals surface area contributed by atoms with Crippen molar-refractivity contribution in [3.63, 3.8) is 0 Å². The van der Waals surface area contributed by atoms with Gasteiger partial charge in [-0.1, -0.05) is 446 Å². The lowest BCUT2D eigenvalue weighted by atomic mass is 9.70. The van der Waals surface area contributed by atoms with Crippen LogP contribution in [-0.4, -0.2) is 0 Å². The van der Waals surface area contributed by atoms with Crippen molar-refractivity contribution in [2.75, 3.05) is 4.90 Å². The van der Waals surface area contributed by atoms with Gasteiger partial charge in [0.05, 0.1) is 5.69 Å². The van der Waals surface area contributed by atoms with Crippen LogP contribution in [0.2, 0.25) is 0 Å². The standard InChI is InChI=1S/C140H161N/c1-17-23-29-35-49-75-138(76-50-36-30-24-18-2)119-60-46-43-55-104(119)111-71-65-100(87-127(111)138)98-63-69-107-109-73-67-102(89-124(109)135(11,12)122(107)85-98)115-81-96(9)131(83-94(115)7)141(133-93-130-134(114-59-42-41-58-113(114)133)118-92-129-117(91-126(118)137(130,15)16)106-57-45-48-62-121(106)140(129,79-53-39-33-27-21-5)80-54-40-34-28-22-6)132-84-95(8)116(82-97(132)10)103-68-74-110-108-70-64-99(86-123(108)136(13,14)125(110)90-103)101-66-72-112-105-56-44-47-61-120(105)139(128(112)88-101,77-51-37-31-25-19-3)78-52-38-32-26-20-4/h41-48,55-74,81-93H,17-40,49-54,75-80H2,1-16H3. The van der Waals surface area contributed by atoms with E-state index in [2.05, 4.69) is 364 Å². The van der Waals surface area contributed by atoms with Gasteiger partial charge >= 0.3 is 0 Å². The average Bonchev–Trinajstić information content (AvgIpc) is 1.53. The lowest BCUT2D eigenvalue weighted by Gasteiger charge is -2.33. The minimum atomic E-state index is -0.316. The number of unbranched alkanes of at least 4 members (excludes halogenated alkanes) is 24. The summed E-state index contributed by atoms with van der Waals surface area (Å²) in [6.45, 7) is 38.8. The predicted octanol–water partition coefficient (Wildman–Crippen LogP) is 42.1. The van der Waals surface area contributed by atoms with Crippen LogP contribution in [0, 0.1) is 27.7 Å². The average molecular weight is 1860 g/mol. The molecule has 726 valence electrons. The van der Waals surface area contributed by atoms with Crippen LogP contribution in [0.1, 0.15) is 403 Å². The molecular weight excluding hydrogens is 1700 g/mol. The summed E-state index contributed by atoms with van der Waals surface area (Å²) in [5, 5.41) is 2.62. The van der Waals surface area contributed by atoms with Gasteiger partial charge in [0.2, 0.25) is 0 Å². The van der Waals surface area contributed by atoms with E-state index in [0.717, 1.165) is 0 Å². The maximum atomic E-state index is 2.78. The monoisotopic (exact) mass is 1860 g/mol. The minimum absolute atomic E-state index is 0.0304. The van der Waals surface area contributed by atoms with Gasteiger partial charge in [-0.3, -0.25) is 0 Å². The van der Waals surface area contributed by atoms with Crippen LogP contribution < -0.4 is 4.90 Å². The van der Waals surface area contributed by atoms with Gasteiger partial charge in [-0.05, 0) is 351 Å². The van der Waals surface area contributed by atoms with Gasteiger partial charge in [0, 0.05) is 49.3 Å². The molecule has 0 spiro atoms. The highest BCUT2D eigenvalue weighted by Crippen LogP contribution is 2.65. The maximum absolute atomic E-state index is 2.78. The highest BCUT2D eigenvalue weighted by Gasteiger charge is 2.49. The third-order valence-electron chi connectivity index (χ3n) is 36.3. The number of rotatable bonds is 43. The van der Waals surface area contributed by atoms with Crippen LogP contribution in [0.4, 0.5) is 17.1 Å². The molecule has 0 heterocycles. The summed E-state index contributed by atoms with van der Waals surface area (Å²) in [6, 6.07) is 102. The summed E-state index contributed by atoms with van der Waals surface area (Å²) >= 11 is 0. The summed E-state index contributed by atoms with van der Waals surface area (Å²) in [5.41, 5.74) is 53.5. The van der Waals surface area contributed by atoms with Gasteiger partial charge in [0.15, 0.2) is 0 Å². The third-order valence-corrected chi connectivity index (χ3v) is 36.3. The number of aryl methyl sites for hydroxylation is 4. The Morgan fingerprint density at radius 3 is 0.780 bits per heavy atom. The highest BCUT2D eigenvalue weighted by atomic mass is 15.1. The number of hydrogen-bond acceptors (Lipinski definition) is 1. The van der Waals surface area contributed by atoms with Crippen molar-refractivity contribution >= 4 is 27.8 Å². The first-order valence-corrected chi connectivity index (χ1v) is 56.6. The number of benzene rings is 14. The summed E-state index contributed by atoms with van der Waals surface area (Å²) in [5.74, 6) is 0. The Morgan fingerprint density at radius 1 is 0.177 bits per heavy atom. The zero-order valence-electron chi connectivity index (χ0n) is 89.1. The summed E-state index contributed by atoms with van der Waals surface area (Å²) in [4.78, 5) is 2.73. The van der Waals surface area contributed by atoms with E-state index in [1.54, 1.807) is 33.4 Å². The first-order valence-electron chi connectivity index (χ1n) is 56.6. The van der Waals surface area contributed by atoms with Crippen LogP contribution in [0.25, 0.3) is 122 Å². The van der Waals surface area contributed by atoms with Crippen LogP contribution in [0.3, 0.4) is 0 Å². The smallest absolute Gasteiger partial charge is 0.0543 e. The van der Waals surface area contributed by atoms with E-state index in [1.807, 2.05) is 0 Å². The second-order valence-electron chi connectivity index (χ2n) is 46.4. The Hall–Kier alpha value is -10.9. The van der Waals surface area contributed by atoms with Crippen LogP contribution in [-0.2, 0) is 32.5 Å². The van der Waals surface area contributed by atoms with Gasteiger partial charge in [-0.2, -0.15) is 0 Å². The summed E-state index contributed by atoms with van der Waals surface area (Å²) in [6.07, 6.45) is 46.2. The molecule has 1 heteroatoms. The van der Waals surface area contributed by atoms with Crippen molar-refractivity contribution in [3.8, 4) is 111 Å². The van der Waals surface area contributed by atoms with Crippen molar-refractivity contribution < 1.29 is 0 Å². The van der Waals surface area contributed by atoms with Gasteiger partial charge in [0.1, 0.15) is 0 Å². The topological polar surface area (TPSA) is 3.24 Å². The van der Waals surface area contributed by atoms with Crippen molar-refractivity contribution in [2.45, 2.75) is 374 Å². The quantitative estimate of drug-likeness (QED) is 0.0344. The Bertz CT molecular complexity index is 6650. The number of anilines is 3. The molecule has 0 radical (unpaired) electrons. The minimum Gasteiger partial charge on any atom is -0.309 e. The molecule has 0 aromatic heterocycles. The Kier molecular flexibility index (Phi) is 28.2. The van der Waals surface area contributed by atoms with Crippen LogP contribution in [0.15, 0.2) is 249 Å². The van der Waals surface area contributed by atoms with Gasteiger partial charge in [-0.15, -0.1) is 0 Å². The molecule has 141 heavy (non-hydrogen) atoms. The SMILES string of the molecule is CCCCCCCC1(CCCCCCC)c2ccccc2-c2ccc(-c3ccc4c(c3)C(C)(C)c3cc(-c5cc(C)c(N(c6cc(C)c(-c7ccc8c(c7)C(C)(C)c7cc(-c9ccc%10c(c9)C(CCCCCCC)(CCCCCCC)c9ccccc9-%10)ccc7-8)cc6C)c6cc7c(c8ccccc68)-c6cc8c(cc6C7(C)C)-c6ccccc6C8(CCCCCCC)CCCCCCC)cc5C)ccc3-4)cc21. The largest absolute Gasteiger partial charge is 0.309 e. The molecule has 0 fully saturated rings. The van der Waals surface area contributed by atoms with Crippen LogP contribution >= 0.6 is 0 Å². The van der Waals surface area contributed by atoms with E-state index in [9.17, 15) is 0 Å². The van der Waals surface area contributed by atoms with E-state index >= 15 is 0 Å². The van der Waals surface area contributed by atoms with Crippen molar-refractivity contribution in [1.82, 2.24) is 0 Å². The Balaban J connectivity index is 0.674. The Morgan fingerprint density at radius 2 is 0.433 bits per heavy atom. The molecule has 0 saturated carbocycles. The summed E-state index contributed by atoms with van der Waals surface area (Å²) in [7, 11) is 0. The molecule has 20 rings (SSSR count). The normalized spacial score (nSPS) is 15.2. The van der Waals surface area contributed by atoms with Gasteiger partial charge in [0.25, 0.3) is 0 Å². The zero-order chi connectivity index (χ0) is 97.7. The predicted molar refractivity (Wildman–Crippen MR) is 611 cm³/mol. The molecule has 0 N–H and O–H groups in total. The fourth-order valence-corrected chi connectivity index (χ4v) is 28.4. The van der Waals surface area contributed by atoms with E-state index < -0.39 is 0 Å². The van der Waals surface area contributed by atoms with E-state index in [4.69, 9.17) is 0 Å². The zero-order valence-corrected chi connectivity index (χ0v) is 89.1. The number of fused-ring (bicyclic) bond motifs is 20. The first kappa shape index (κ1) is 97.6. The maximum Gasteiger partial charge on any atom is 0.0543 e. The molecule has 0 aliphatic heterocycles. The Labute approximate surface area is 850 Å².